The highest BCUT2D eigenvalue weighted by molar-refractivity contribution is 6.30. The first-order chi connectivity index (χ1) is 15.7. The predicted molar refractivity (Wildman–Crippen MR) is 114 cm³/mol. The number of amides is 2. The van der Waals surface area contributed by atoms with Crippen LogP contribution in [0, 0.1) is 24.0 Å². The highest BCUT2D eigenvalue weighted by Gasteiger charge is 2.23. The van der Waals surface area contributed by atoms with Gasteiger partial charge in [0.05, 0.1) is 4.92 Å². The van der Waals surface area contributed by atoms with Gasteiger partial charge in [-0.3, -0.25) is 24.4 Å². The van der Waals surface area contributed by atoms with E-state index < -0.39 is 10.8 Å². The number of aryl methyl sites for hydroxylation is 1. The van der Waals surface area contributed by atoms with E-state index in [-0.39, 0.29) is 55.2 Å². The Bertz CT molecular complexity index is 1180. The molecule has 0 saturated heterocycles. The van der Waals surface area contributed by atoms with Crippen molar-refractivity contribution in [2.24, 2.45) is 0 Å². The molecule has 2 amide bonds. The van der Waals surface area contributed by atoms with Crippen molar-refractivity contribution >= 4 is 29.1 Å². The van der Waals surface area contributed by atoms with Crippen molar-refractivity contribution in [1.82, 2.24) is 30.6 Å². The van der Waals surface area contributed by atoms with Crippen LogP contribution < -0.4 is 15.4 Å². The molecule has 0 fully saturated rings. The molecule has 0 unspecified atom stereocenters. The molecule has 3 rings (SSSR count). The summed E-state index contributed by atoms with van der Waals surface area (Å²) >= 11 is 5.84. The van der Waals surface area contributed by atoms with Gasteiger partial charge in [-0.05, 0) is 32.0 Å². The molecule has 2 aromatic heterocycles. The monoisotopic (exact) mass is 477 g/mol. The first-order valence-corrected chi connectivity index (χ1v) is 10.1. The summed E-state index contributed by atoms with van der Waals surface area (Å²) in [6.45, 7) is 3.15. The Kier molecular flexibility index (Phi) is 7.56. The third-order valence-electron chi connectivity index (χ3n) is 4.38. The predicted octanol–water partition coefficient (Wildman–Crippen LogP) is 1.42. The average molecular weight is 478 g/mol. The number of nitrogens with zero attached hydrogens (tertiary/aromatic N) is 5. The van der Waals surface area contributed by atoms with Crippen molar-refractivity contribution in [3.8, 4) is 5.75 Å². The van der Waals surface area contributed by atoms with Crippen LogP contribution in [0.3, 0.4) is 0 Å². The minimum atomic E-state index is -0.627. The Morgan fingerprint density at radius 2 is 2.03 bits per heavy atom. The zero-order chi connectivity index (χ0) is 24.0. The number of hydrogen-bond acceptors (Lipinski definition) is 9. The van der Waals surface area contributed by atoms with Crippen LogP contribution in [0.25, 0.3) is 0 Å². The van der Waals surface area contributed by atoms with Crippen LogP contribution in [0.1, 0.15) is 27.9 Å². The maximum atomic E-state index is 12.1. The van der Waals surface area contributed by atoms with Crippen LogP contribution in [0.5, 0.6) is 5.75 Å². The fourth-order valence-corrected chi connectivity index (χ4v) is 3.04. The van der Waals surface area contributed by atoms with E-state index in [1.165, 1.54) is 11.6 Å². The maximum absolute atomic E-state index is 12.1. The van der Waals surface area contributed by atoms with Gasteiger partial charge in [0.2, 0.25) is 0 Å². The first kappa shape index (κ1) is 23.7. The molecule has 0 aliphatic carbocycles. The van der Waals surface area contributed by atoms with Crippen LogP contribution >= 0.6 is 11.6 Å². The Morgan fingerprint density at radius 3 is 2.73 bits per heavy atom. The average Bonchev–Trinajstić information content (AvgIpc) is 3.34. The number of rotatable bonds is 10. The van der Waals surface area contributed by atoms with Crippen LogP contribution in [-0.2, 0) is 11.3 Å². The van der Waals surface area contributed by atoms with Crippen LogP contribution in [-0.4, -0.2) is 56.4 Å². The number of carbonyl (C=O) groups is 2. The molecule has 2 heterocycles. The number of halogens is 1. The molecule has 0 aliphatic rings. The van der Waals surface area contributed by atoms with Crippen LogP contribution in [0.4, 0.5) is 5.69 Å². The van der Waals surface area contributed by atoms with Crippen molar-refractivity contribution < 1.29 is 23.8 Å². The van der Waals surface area contributed by atoms with Gasteiger partial charge in [0.15, 0.2) is 12.4 Å². The number of nitro groups is 1. The largest absolute Gasteiger partial charge is 0.484 e. The second kappa shape index (κ2) is 10.5. The lowest BCUT2D eigenvalue weighted by Gasteiger charge is -2.08. The fraction of sp³-hybridized carbons (Fsp3) is 0.316. The molecule has 0 atom stereocenters. The maximum Gasteiger partial charge on any atom is 0.316 e. The number of ether oxygens (including phenoxy) is 1. The van der Waals surface area contributed by atoms with Gasteiger partial charge in [0.1, 0.15) is 23.7 Å². The number of hydrogen-bond donors (Lipinski definition) is 2. The van der Waals surface area contributed by atoms with E-state index in [9.17, 15) is 19.7 Å². The van der Waals surface area contributed by atoms with E-state index in [0.29, 0.717) is 16.5 Å². The van der Waals surface area contributed by atoms with E-state index in [1.54, 1.807) is 31.2 Å². The van der Waals surface area contributed by atoms with Gasteiger partial charge >= 0.3 is 17.5 Å². The van der Waals surface area contributed by atoms with Gasteiger partial charge in [-0.15, -0.1) is 0 Å². The number of nitrogens with one attached hydrogen (secondary N) is 2. The molecule has 14 heteroatoms. The lowest BCUT2D eigenvalue weighted by molar-refractivity contribution is -0.386. The molecule has 0 bridgehead atoms. The molecule has 3 aromatic rings. The van der Waals surface area contributed by atoms with Crippen molar-refractivity contribution in [3.05, 3.63) is 62.5 Å². The Morgan fingerprint density at radius 1 is 1.27 bits per heavy atom. The van der Waals surface area contributed by atoms with E-state index in [4.69, 9.17) is 20.9 Å². The summed E-state index contributed by atoms with van der Waals surface area (Å²) in [6.07, 6.45) is 0. The van der Waals surface area contributed by atoms with Gasteiger partial charge in [-0.25, -0.2) is 0 Å². The normalized spacial score (nSPS) is 10.6. The van der Waals surface area contributed by atoms with Crippen molar-refractivity contribution in [3.63, 3.8) is 0 Å². The lowest BCUT2D eigenvalue weighted by Crippen LogP contribution is -2.36. The summed E-state index contributed by atoms with van der Waals surface area (Å²) in [5, 5.41) is 24.5. The van der Waals surface area contributed by atoms with Gasteiger partial charge in [0.25, 0.3) is 5.91 Å². The van der Waals surface area contributed by atoms with E-state index in [0.717, 1.165) is 0 Å². The summed E-state index contributed by atoms with van der Waals surface area (Å²) in [4.78, 5) is 38.5. The third-order valence-corrected chi connectivity index (χ3v) is 4.61. The van der Waals surface area contributed by atoms with E-state index >= 15 is 0 Å². The summed E-state index contributed by atoms with van der Waals surface area (Å²) in [5.41, 5.74) is 0.513. The highest BCUT2D eigenvalue weighted by atomic mass is 35.5. The number of benzene rings is 1. The lowest BCUT2D eigenvalue weighted by atomic mass is 10.3. The Labute approximate surface area is 192 Å². The molecule has 0 saturated carbocycles. The molecular formula is C19H20ClN7O6. The van der Waals surface area contributed by atoms with Crippen molar-refractivity contribution in [1.29, 1.82) is 0 Å². The Balaban J connectivity index is 1.42. The summed E-state index contributed by atoms with van der Waals surface area (Å²) in [7, 11) is 0. The SMILES string of the molecule is Cc1nn(Cc2noc(C(=O)NCCNC(=O)COc3cccc(Cl)c3)n2)c(C)c1[N+](=O)[O-]. The van der Waals surface area contributed by atoms with Gasteiger partial charge in [-0.1, -0.05) is 22.8 Å². The smallest absolute Gasteiger partial charge is 0.316 e. The van der Waals surface area contributed by atoms with E-state index in [1.807, 2.05) is 0 Å². The Hall–Kier alpha value is -4.00. The number of aromatic nitrogens is 4. The topological polar surface area (TPSA) is 167 Å². The molecule has 0 radical (unpaired) electrons. The van der Waals surface area contributed by atoms with Gasteiger partial charge in [-0.2, -0.15) is 10.1 Å². The molecule has 2 N–H and O–H groups in total. The molecule has 1 aromatic carbocycles. The molecule has 0 aliphatic heterocycles. The first-order valence-electron chi connectivity index (χ1n) is 9.69. The third kappa shape index (κ3) is 6.26. The zero-order valence-electron chi connectivity index (χ0n) is 17.7. The van der Waals surface area contributed by atoms with Crippen molar-refractivity contribution in [2.75, 3.05) is 19.7 Å². The van der Waals surface area contributed by atoms with Crippen LogP contribution in [0.2, 0.25) is 5.02 Å². The molecule has 174 valence electrons. The molecule has 0 spiro atoms. The number of carbonyl (C=O) groups excluding carboxylic acids is 2. The minimum absolute atomic E-state index is 0.0000227. The summed E-state index contributed by atoms with van der Waals surface area (Å²) in [5.74, 6) is -0.683. The summed E-state index contributed by atoms with van der Waals surface area (Å²) < 4.78 is 11.6. The quantitative estimate of drug-likeness (QED) is 0.249. The minimum Gasteiger partial charge on any atom is -0.484 e. The highest BCUT2D eigenvalue weighted by Crippen LogP contribution is 2.22. The molecule has 33 heavy (non-hydrogen) atoms. The van der Waals surface area contributed by atoms with Crippen LogP contribution in [0.15, 0.2) is 28.8 Å². The molecule has 13 nitrogen and oxygen atoms in total. The van der Waals surface area contributed by atoms with Gasteiger partial charge in [0, 0.05) is 18.1 Å². The standard InChI is InChI=1S/C19H20ClN7O6/c1-11-17(27(30)31)12(2)26(24-11)9-15-23-19(33-25-15)18(29)22-7-6-21-16(28)10-32-14-5-3-4-13(20)8-14/h3-5,8H,6-7,9-10H2,1-2H3,(H,21,28)(H,22,29). The molecular weight excluding hydrogens is 458 g/mol. The zero-order valence-corrected chi connectivity index (χ0v) is 18.5. The summed E-state index contributed by atoms with van der Waals surface area (Å²) in [6, 6.07) is 6.65. The van der Waals surface area contributed by atoms with Crippen molar-refractivity contribution in [2.45, 2.75) is 20.4 Å². The second-order valence-corrected chi connectivity index (χ2v) is 7.24. The second-order valence-electron chi connectivity index (χ2n) is 6.80. The van der Waals surface area contributed by atoms with E-state index in [2.05, 4.69) is 25.9 Å². The fourth-order valence-electron chi connectivity index (χ4n) is 2.86. The van der Waals surface area contributed by atoms with Gasteiger partial charge < -0.3 is 19.9 Å².